The van der Waals surface area contributed by atoms with Gasteiger partial charge in [-0.25, -0.2) is 9.97 Å². The average molecular weight is 491 g/mol. The number of rotatable bonds is 7. The first kappa shape index (κ1) is 21.6. The topological polar surface area (TPSA) is 84.0 Å². The van der Waals surface area contributed by atoms with E-state index in [0.717, 1.165) is 31.0 Å². The Balaban J connectivity index is 1.14. The van der Waals surface area contributed by atoms with Crippen molar-refractivity contribution in [2.75, 3.05) is 16.4 Å². The van der Waals surface area contributed by atoms with Gasteiger partial charge in [0.05, 0.1) is 28.1 Å². The van der Waals surface area contributed by atoms with Gasteiger partial charge in [-0.1, -0.05) is 71.6 Å². The predicted octanol–water partition coefficient (Wildman–Crippen LogP) is 5.82. The summed E-state index contributed by atoms with van der Waals surface area (Å²) in [5, 5.41) is 10.3. The SMILES string of the molecule is O=C(Cc1csc(SCC(=O)Nc2cccc3ccccc23)n1)Nc1nc2ccccc2s1. The van der Waals surface area contributed by atoms with E-state index in [2.05, 4.69) is 20.6 Å². The number of para-hydroxylation sites is 1. The monoisotopic (exact) mass is 490 g/mol. The summed E-state index contributed by atoms with van der Waals surface area (Å²) in [5.74, 6) is -0.0139. The lowest BCUT2D eigenvalue weighted by Gasteiger charge is -2.08. The van der Waals surface area contributed by atoms with Crippen molar-refractivity contribution in [2.45, 2.75) is 10.8 Å². The Labute approximate surface area is 202 Å². The number of nitrogens with zero attached hydrogens (tertiary/aromatic N) is 2. The third kappa shape index (κ3) is 5.22. The number of hydrogen-bond donors (Lipinski definition) is 2. The van der Waals surface area contributed by atoms with Crippen molar-refractivity contribution in [3.63, 3.8) is 0 Å². The summed E-state index contributed by atoms with van der Waals surface area (Å²) in [4.78, 5) is 33.8. The fourth-order valence-electron chi connectivity index (χ4n) is 3.34. The Morgan fingerprint density at radius 2 is 1.70 bits per heavy atom. The zero-order chi connectivity index (χ0) is 22.6. The number of nitrogens with one attached hydrogen (secondary N) is 2. The van der Waals surface area contributed by atoms with Crippen LogP contribution in [-0.2, 0) is 16.0 Å². The predicted molar refractivity (Wildman–Crippen MR) is 137 cm³/mol. The molecular formula is C24H18N4O2S3. The van der Waals surface area contributed by atoms with Gasteiger partial charge >= 0.3 is 0 Å². The van der Waals surface area contributed by atoms with Crippen molar-refractivity contribution in [3.8, 4) is 0 Å². The third-order valence-corrected chi connectivity index (χ3v) is 7.82. The van der Waals surface area contributed by atoms with Crippen molar-refractivity contribution >= 4 is 78.1 Å². The molecule has 2 amide bonds. The Morgan fingerprint density at radius 1 is 0.879 bits per heavy atom. The molecular weight excluding hydrogens is 472 g/mol. The number of benzene rings is 3. The molecule has 0 saturated carbocycles. The van der Waals surface area contributed by atoms with Crippen LogP contribution < -0.4 is 10.6 Å². The van der Waals surface area contributed by atoms with Crippen LogP contribution in [0.5, 0.6) is 0 Å². The highest BCUT2D eigenvalue weighted by atomic mass is 32.2. The van der Waals surface area contributed by atoms with E-state index in [9.17, 15) is 9.59 Å². The van der Waals surface area contributed by atoms with Gasteiger partial charge < -0.3 is 10.6 Å². The molecule has 5 aromatic rings. The lowest BCUT2D eigenvalue weighted by Crippen LogP contribution is -2.14. The molecule has 2 N–H and O–H groups in total. The summed E-state index contributed by atoms with van der Waals surface area (Å²) in [5.41, 5.74) is 2.34. The van der Waals surface area contributed by atoms with Gasteiger partial charge in [0.1, 0.15) is 0 Å². The van der Waals surface area contributed by atoms with Crippen LogP contribution in [0.4, 0.5) is 10.8 Å². The van der Waals surface area contributed by atoms with Crippen molar-refractivity contribution in [1.82, 2.24) is 9.97 Å². The molecule has 33 heavy (non-hydrogen) atoms. The largest absolute Gasteiger partial charge is 0.325 e. The number of aromatic nitrogens is 2. The molecule has 6 nitrogen and oxygen atoms in total. The Hall–Kier alpha value is -3.27. The summed E-state index contributed by atoms with van der Waals surface area (Å²) in [6.07, 6.45) is 0.162. The van der Waals surface area contributed by atoms with Gasteiger partial charge in [-0.15, -0.1) is 11.3 Å². The Kier molecular flexibility index (Phi) is 6.34. The quantitative estimate of drug-likeness (QED) is 0.281. The van der Waals surface area contributed by atoms with Gasteiger partial charge in [0.25, 0.3) is 0 Å². The number of thioether (sulfide) groups is 1. The minimum atomic E-state index is -0.162. The highest BCUT2D eigenvalue weighted by Gasteiger charge is 2.13. The van der Waals surface area contributed by atoms with E-state index in [0.29, 0.717) is 10.8 Å². The maximum atomic E-state index is 12.5. The summed E-state index contributed by atoms with van der Waals surface area (Å²) in [7, 11) is 0. The molecule has 0 fully saturated rings. The second-order valence-corrected chi connectivity index (χ2v) is 10.3. The van der Waals surface area contributed by atoms with E-state index in [4.69, 9.17) is 0 Å². The molecule has 0 unspecified atom stereocenters. The fraction of sp³-hybridized carbons (Fsp3) is 0.0833. The van der Waals surface area contributed by atoms with E-state index < -0.39 is 0 Å². The second-order valence-electron chi connectivity index (χ2n) is 7.18. The van der Waals surface area contributed by atoms with Crippen LogP contribution in [0.1, 0.15) is 5.69 Å². The van der Waals surface area contributed by atoms with Crippen molar-refractivity contribution in [1.29, 1.82) is 0 Å². The number of hydrogen-bond acceptors (Lipinski definition) is 7. The van der Waals surface area contributed by atoms with Crippen LogP contribution in [0.25, 0.3) is 21.0 Å². The molecule has 9 heteroatoms. The van der Waals surface area contributed by atoms with Crippen molar-refractivity contribution in [2.24, 2.45) is 0 Å². The number of carbonyl (C=O) groups excluding carboxylic acids is 2. The molecule has 0 radical (unpaired) electrons. The minimum absolute atomic E-state index is 0.0957. The first-order valence-corrected chi connectivity index (χ1v) is 12.8. The van der Waals surface area contributed by atoms with Crippen LogP contribution in [0.15, 0.2) is 76.4 Å². The van der Waals surface area contributed by atoms with Crippen molar-refractivity contribution in [3.05, 3.63) is 77.8 Å². The molecule has 2 heterocycles. The first-order valence-electron chi connectivity index (χ1n) is 10.1. The molecule has 0 aliphatic carbocycles. The average Bonchev–Trinajstić information content (AvgIpc) is 3.44. The zero-order valence-electron chi connectivity index (χ0n) is 17.3. The van der Waals surface area contributed by atoms with Crippen molar-refractivity contribution < 1.29 is 9.59 Å². The van der Waals surface area contributed by atoms with E-state index >= 15 is 0 Å². The number of fused-ring (bicyclic) bond motifs is 2. The molecule has 0 aliphatic heterocycles. The molecule has 3 aromatic carbocycles. The molecule has 0 aliphatic rings. The smallest absolute Gasteiger partial charge is 0.234 e. The summed E-state index contributed by atoms with van der Waals surface area (Å²) >= 11 is 4.24. The second kappa shape index (κ2) is 9.70. The molecule has 2 aromatic heterocycles. The number of anilines is 2. The van der Waals surface area contributed by atoms with Gasteiger partial charge in [0.2, 0.25) is 11.8 Å². The fourth-order valence-corrected chi connectivity index (χ4v) is 5.86. The molecule has 5 rings (SSSR count). The van der Waals surface area contributed by atoms with Gasteiger partial charge in [0.15, 0.2) is 9.47 Å². The van der Waals surface area contributed by atoms with Crippen LogP contribution in [0.2, 0.25) is 0 Å². The molecule has 0 saturated heterocycles. The van der Waals surface area contributed by atoms with E-state index in [1.807, 2.05) is 72.1 Å². The van der Waals surface area contributed by atoms with Crippen LogP contribution in [0, 0.1) is 0 Å². The minimum Gasteiger partial charge on any atom is -0.325 e. The van der Waals surface area contributed by atoms with Crippen LogP contribution >= 0.6 is 34.4 Å². The van der Waals surface area contributed by atoms with E-state index in [1.165, 1.54) is 34.4 Å². The Morgan fingerprint density at radius 3 is 2.61 bits per heavy atom. The number of thiazole rings is 2. The molecule has 0 atom stereocenters. The highest BCUT2D eigenvalue weighted by Crippen LogP contribution is 2.27. The first-order chi connectivity index (χ1) is 16.1. The maximum Gasteiger partial charge on any atom is 0.234 e. The standard InChI is InChI=1S/C24H18N4O2S3/c29-21(28-23-27-19-9-3-4-11-20(19)33-23)12-16-13-31-24(25-16)32-14-22(30)26-18-10-5-7-15-6-1-2-8-17(15)18/h1-11,13H,12,14H2,(H,26,30)(H,27,28,29). The van der Waals surface area contributed by atoms with E-state index in [-0.39, 0.29) is 24.0 Å². The highest BCUT2D eigenvalue weighted by molar-refractivity contribution is 8.01. The molecule has 0 spiro atoms. The van der Waals surface area contributed by atoms with Crippen LogP contribution in [0.3, 0.4) is 0 Å². The van der Waals surface area contributed by atoms with Gasteiger partial charge in [0, 0.05) is 16.5 Å². The lowest BCUT2D eigenvalue weighted by atomic mass is 10.1. The zero-order valence-corrected chi connectivity index (χ0v) is 19.7. The summed E-state index contributed by atoms with van der Waals surface area (Å²) < 4.78 is 1.78. The maximum absolute atomic E-state index is 12.5. The molecule has 0 bridgehead atoms. The van der Waals surface area contributed by atoms with E-state index in [1.54, 1.807) is 0 Å². The summed E-state index contributed by atoms with van der Waals surface area (Å²) in [6, 6.07) is 21.5. The van der Waals surface area contributed by atoms with Gasteiger partial charge in [-0.05, 0) is 23.6 Å². The number of carbonyl (C=O) groups is 2. The Bertz CT molecular complexity index is 1420. The third-order valence-electron chi connectivity index (χ3n) is 4.80. The lowest BCUT2D eigenvalue weighted by molar-refractivity contribution is -0.116. The normalized spacial score (nSPS) is 11.0. The molecule has 164 valence electrons. The van der Waals surface area contributed by atoms with Gasteiger partial charge in [-0.3, -0.25) is 9.59 Å². The summed E-state index contributed by atoms with van der Waals surface area (Å²) in [6.45, 7) is 0. The number of amides is 2. The van der Waals surface area contributed by atoms with Crippen LogP contribution in [-0.4, -0.2) is 27.5 Å². The van der Waals surface area contributed by atoms with Gasteiger partial charge in [-0.2, -0.15) is 0 Å².